The fourth-order valence-electron chi connectivity index (χ4n) is 2.54. The highest BCUT2D eigenvalue weighted by molar-refractivity contribution is 6.19. The van der Waals surface area contributed by atoms with Crippen LogP contribution in [0.4, 0.5) is 20.6 Å². The van der Waals surface area contributed by atoms with Crippen molar-refractivity contribution >= 4 is 34.9 Å². The Hall–Kier alpha value is -2.80. The number of nitrogens with zero attached hydrogens (tertiary/aromatic N) is 1. The Balaban J connectivity index is 2.09. The number of benzene rings is 2. The van der Waals surface area contributed by atoms with Crippen LogP contribution >= 0.6 is 11.6 Å². The van der Waals surface area contributed by atoms with Gasteiger partial charge in [0.25, 0.3) is 0 Å². The summed E-state index contributed by atoms with van der Waals surface area (Å²) in [5.74, 6) is 0.278. The lowest BCUT2D eigenvalue weighted by molar-refractivity contribution is -0.128. The highest BCUT2D eigenvalue weighted by Gasteiger charge is 2.26. The Kier molecular flexibility index (Phi) is 8.47. The van der Waals surface area contributed by atoms with Crippen LogP contribution in [0, 0.1) is 11.2 Å². The van der Waals surface area contributed by atoms with Gasteiger partial charge < -0.3 is 15.4 Å². The number of carbonyl (C=O) groups excluding carboxylic acids is 2. The van der Waals surface area contributed by atoms with Gasteiger partial charge in [-0.25, -0.2) is 9.18 Å². The number of ether oxygens (including phenoxy) is 1. The monoisotopic (exact) mass is 435 g/mol. The summed E-state index contributed by atoms with van der Waals surface area (Å²) in [5.41, 5.74) is 0.376. The van der Waals surface area contributed by atoms with Crippen molar-refractivity contribution in [3.63, 3.8) is 0 Å². The van der Waals surface area contributed by atoms with Gasteiger partial charge in [0, 0.05) is 30.3 Å². The van der Waals surface area contributed by atoms with Crippen LogP contribution in [0.2, 0.25) is 0 Å². The number of hydrogen-bond donors (Lipinski definition) is 2. The molecule has 2 rings (SSSR count). The highest BCUT2D eigenvalue weighted by Crippen LogP contribution is 2.20. The summed E-state index contributed by atoms with van der Waals surface area (Å²) >= 11 is 5.83. The van der Waals surface area contributed by atoms with Crippen LogP contribution in [-0.2, 0) is 4.79 Å². The standard InChI is InChI=1S/C22H27ClFN3O3/c1-4-30-19-11-7-17(8-12-19)26-21(29)27(18-9-5-16(24)6-10-18)14-13-25-20(28)22(2,3)15-23/h5-12H,4,13-15H2,1-3H3,(H,25,28)(H,26,29). The van der Waals surface area contributed by atoms with Gasteiger partial charge in [0.05, 0.1) is 12.0 Å². The largest absolute Gasteiger partial charge is 0.494 e. The molecule has 0 radical (unpaired) electrons. The van der Waals surface area contributed by atoms with Crippen LogP contribution < -0.4 is 20.3 Å². The van der Waals surface area contributed by atoms with Crippen LogP contribution in [0.15, 0.2) is 48.5 Å². The van der Waals surface area contributed by atoms with E-state index in [0.717, 1.165) is 0 Å². The summed E-state index contributed by atoms with van der Waals surface area (Å²) in [5, 5.41) is 5.60. The lowest BCUT2D eigenvalue weighted by atomic mass is 9.95. The summed E-state index contributed by atoms with van der Waals surface area (Å²) in [4.78, 5) is 26.6. The Labute approximate surface area is 181 Å². The van der Waals surface area contributed by atoms with E-state index in [4.69, 9.17) is 16.3 Å². The van der Waals surface area contributed by atoms with Gasteiger partial charge in [-0.05, 0) is 69.3 Å². The average Bonchev–Trinajstić information content (AvgIpc) is 2.73. The summed E-state index contributed by atoms with van der Waals surface area (Å²) in [6.45, 7) is 6.34. The van der Waals surface area contributed by atoms with Crippen molar-refractivity contribution in [1.82, 2.24) is 5.32 Å². The van der Waals surface area contributed by atoms with Crippen molar-refractivity contribution in [3.8, 4) is 5.75 Å². The first-order chi connectivity index (χ1) is 14.3. The summed E-state index contributed by atoms with van der Waals surface area (Å²) in [7, 11) is 0. The third-order valence-corrected chi connectivity index (χ3v) is 5.04. The lowest BCUT2D eigenvalue weighted by Crippen LogP contribution is -2.44. The SMILES string of the molecule is CCOc1ccc(NC(=O)N(CCNC(=O)C(C)(C)CCl)c2ccc(F)cc2)cc1. The zero-order valence-corrected chi connectivity index (χ0v) is 18.1. The van der Waals surface area contributed by atoms with Gasteiger partial charge >= 0.3 is 6.03 Å². The zero-order chi connectivity index (χ0) is 22.1. The summed E-state index contributed by atoms with van der Waals surface area (Å²) < 4.78 is 18.7. The third kappa shape index (κ3) is 6.62. The molecule has 0 bridgehead atoms. The fraction of sp³-hybridized carbons (Fsp3) is 0.364. The van der Waals surface area contributed by atoms with Gasteiger partial charge in [-0.2, -0.15) is 0 Å². The molecule has 2 aromatic carbocycles. The summed E-state index contributed by atoms with van der Waals surface area (Å²) in [6.07, 6.45) is 0. The lowest BCUT2D eigenvalue weighted by Gasteiger charge is -2.25. The Bertz CT molecular complexity index is 842. The first-order valence-corrected chi connectivity index (χ1v) is 10.2. The number of rotatable bonds is 9. The van der Waals surface area contributed by atoms with E-state index in [1.807, 2.05) is 6.92 Å². The van der Waals surface area contributed by atoms with Gasteiger partial charge in [0.1, 0.15) is 11.6 Å². The number of amides is 3. The Morgan fingerprint density at radius 2 is 1.73 bits per heavy atom. The van der Waals surface area contributed by atoms with E-state index in [1.54, 1.807) is 38.1 Å². The van der Waals surface area contributed by atoms with Crippen molar-refractivity contribution < 1.29 is 18.7 Å². The van der Waals surface area contributed by atoms with Gasteiger partial charge in [-0.3, -0.25) is 9.69 Å². The number of anilines is 2. The maximum atomic E-state index is 13.3. The first kappa shape index (κ1) is 23.5. The van der Waals surface area contributed by atoms with E-state index in [-0.39, 0.29) is 24.9 Å². The molecule has 0 saturated carbocycles. The number of hydrogen-bond acceptors (Lipinski definition) is 3. The zero-order valence-electron chi connectivity index (χ0n) is 17.4. The Morgan fingerprint density at radius 1 is 1.10 bits per heavy atom. The fourth-order valence-corrected chi connectivity index (χ4v) is 2.66. The van der Waals surface area contributed by atoms with E-state index in [0.29, 0.717) is 23.7 Å². The quantitative estimate of drug-likeness (QED) is 0.563. The first-order valence-electron chi connectivity index (χ1n) is 9.68. The molecule has 162 valence electrons. The van der Waals surface area contributed by atoms with Crippen LogP contribution in [-0.4, -0.2) is 37.5 Å². The molecule has 0 heterocycles. The molecule has 0 unspecified atom stereocenters. The molecule has 0 aliphatic heterocycles. The molecule has 3 amide bonds. The second kappa shape index (κ2) is 10.8. The number of nitrogens with one attached hydrogen (secondary N) is 2. The van der Waals surface area contributed by atoms with E-state index < -0.39 is 17.3 Å². The number of alkyl halides is 1. The van der Waals surface area contributed by atoms with Gasteiger partial charge in [-0.15, -0.1) is 11.6 Å². The van der Waals surface area contributed by atoms with Crippen molar-refractivity contribution in [2.24, 2.45) is 5.41 Å². The maximum absolute atomic E-state index is 13.3. The van der Waals surface area contributed by atoms with Gasteiger partial charge in [0.15, 0.2) is 0 Å². The van der Waals surface area contributed by atoms with E-state index in [1.165, 1.54) is 29.2 Å². The minimum Gasteiger partial charge on any atom is -0.494 e. The average molecular weight is 436 g/mol. The molecular weight excluding hydrogens is 409 g/mol. The second-order valence-electron chi connectivity index (χ2n) is 7.29. The molecule has 0 aliphatic rings. The highest BCUT2D eigenvalue weighted by atomic mass is 35.5. The minimum atomic E-state index is -0.715. The van der Waals surface area contributed by atoms with Crippen molar-refractivity contribution in [3.05, 3.63) is 54.3 Å². The number of urea groups is 1. The van der Waals surface area contributed by atoms with E-state index >= 15 is 0 Å². The van der Waals surface area contributed by atoms with Crippen LogP contribution in [0.5, 0.6) is 5.75 Å². The van der Waals surface area contributed by atoms with E-state index in [2.05, 4.69) is 10.6 Å². The second-order valence-corrected chi connectivity index (χ2v) is 7.56. The van der Waals surface area contributed by atoms with Crippen LogP contribution in [0.3, 0.4) is 0 Å². The maximum Gasteiger partial charge on any atom is 0.326 e. The molecule has 0 saturated heterocycles. The number of carbonyl (C=O) groups is 2. The Morgan fingerprint density at radius 3 is 2.30 bits per heavy atom. The van der Waals surface area contributed by atoms with Crippen LogP contribution in [0.1, 0.15) is 20.8 Å². The number of halogens is 2. The van der Waals surface area contributed by atoms with E-state index in [9.17, 15) is 14.0 Å². The smallest absolute Gasteiger partial charge is 0.326 e. The predicted octanol–water partition coefficient (Wildman–Crippen LogP) is 4.64. The molecule has 0 fully saturated rings. The molecule has 0 aromatic heterocycles. The molecule has 2 aromatic rings. The molecule has 2 N–H and O–H groups in total. The summed E-state index contributed by atoms with van der Waals surface area (Å²) in [6, 6.07) is 12.2. The molecular formula is C22H27ClFN3O3. The molecule has 0 spiro atoms. The van der Waals surface area contributed by atoms with Crippen molar-refractivity contribution in [1.29, 1.82) is 0 Å². The normalized spacial score (nSPS) is 11.0. The minimum absolute atomic E-state index is 0.179. The topological polar surface area (TPSA) is 70.7 Å². The van der Waals surface area contributed by atoms with Gasteiger partial charge in [0.2, 0.25) is 5.91 Å². The molecule has 0 aliphatic carbocycles. The van der Waals surface area contributed by atoms with Crippen LogP contribution in [0.25, 0.3) is 0 Å². The van der Waals surface area contributed by atoms with Crippen molar-refractivity contribution in [2.75, 3.05) is 35.8 Å². The molecule has 0 atom stereocenters. The molecule has 6 nitrogen and oxygen atoms in total. The predicted molar refractivity (Wildman–Crippen MR) is 118 cm³/mol. The third-order valence-electron chi connectivity index (χ3n) is 4.37. The van der Waals surface area contributed by atoms with Crippen molar-refractivity contribution in [2.45, 2.75) is 20.8 Å². The van der Waals surface area contributed by atoms with Gasteiger partial charge in [-0.1, -0.05) is 0 Å². The molecule has 8 heteroatoms. The molecule has 30 heavy (non-hydrogen) atoms.